The summed E-state index contributed by atoms with van der Waals surface area (Å²) in [6, 6.07) is 3.26. The van der Waals surface area contributed by atoms with Crippen molar-refractivity contribution >= 4 is 15.7 Å². The zero-order chi connectivity index (χ0) is 13.8. The minimum atomic E-state index is -4.37. The van der Waals surface area contributed by atoms with Gasteiger partial charge in [0.25, 0.3) is 0 Å². The smallest absolute Gasteiger partial charge is 0.416 e. The third-order valence-corrected chi connectivity index (χ3v) is 3.59. The van der Waals surface area contributed by atoms with E-state index >= 15 is 0 Å². The van der Waals surface area contributed by atoms with Crippen molar-refractivity contribution in [3.05, 3.63) is 29.3 Å². The summed E-state index contributed by atoms with van der Waals surface area (Å²) < 4.78 is 43.5. The lowest BCUT2D eigenvalue weighted by Gasteiger charge is -2.39. The van der Waals surface area contributed by atoms with E-state index in [1.165, 1.54) is 6.07 Å². The molecule has 0 saturated carbocycles. The van der Waals surface area contributed by atoms with E-state index in [-0.39, 0.29) is 17.9 Å². The predicted molar refractivity (Wildman–Crippen MR) is 65.2 cm³/mol. The highest BCUT2D eigenvalue weighted by molar-refractivity contribution is 6.40. The van der Waals surface area contributed by atoms with Crippen LogP contribution in [0.3, 0.4) is 0 Å². The largest absolute Gasteiger partial charge is 0.488 e. The van der Waals surface area contributed by atoms with E-state index < -0.39 is 17.1 Å². The van der Waals surface area contributed by atoms with Crippen LogP contribution in [-0.4, -0.2) is 27.1 Å². The maximum absolute atomic E-state index is 12.6. The number of rotatable bonds is 0. The molecule has 1 aromatic carbocycles. The summed E-state index contributed by atoms with van der Waals surface area (Å²) in [5.41, 5.74) is -0.0327. The van der Waals surface area contributed by atoms with Gasteiger partial charge in [0, 0.05) is 5.56 Å². The Hall–Kier alpha value is -1.10. The van der Waals surface area contributed by atoms with E-state index in [1.54, 1.807) is 0 Å². The van der Waals surface area contributed by atoms with E-state index in [4.69, 9.17) is 20.4 Å². The molecule has 0 aliphatic carbocycles. The van der Waals surface area contributed by atoms with Crippen LogP contribution in [0.25, 0.3) is 0 Å². The van der Waals surface area contributed by atoms with E-state index in [0.717, 1.165) is 12.1 Å². The van der Waals surface area contributed by atoms with Crippen molar-refractivity contribution in [3.63, 3.8) is 0 Å². The molecule has 19 heavy (non-hydrogen) atoms. The Labute approximate surface area is 111 Å². The van der Waals surface area contributed by atoms with Crippen LogP contribution in [0.2, 0.25) is 0 Å². The number of piperidine rings is 1. The van der Waals surface area contributed by atoms with Crippen molar-refractivity contribution in [2.45, 2.75) is 36.5 Å². The van der Waals surface area contributed by atoms with Gasteiger partial charge in [-0.15, -0.1) is 0 Å². The van der Waals surface area contributed by atoms with Crippen LogP contribution in [0.1, 0.15) is 30.0 Å². The lowest BCUT2D eigenvalue weighted by Crippen LogP contribution is -2.55. The van der Waals surface area contributed by atoms with Gasteiger partial charge in [-0.3, -0.25) is 0 Å². The number of alkyl halides is 3. The molecule has 0 bridgehead atoms. The van der Waals surface area contributed by atoms with Gasteiger partial charge in [0.05, 0.1) is 27.3 Å². The Morgan fingerprint density at radius 2 is 2.05 bits per heavy atom. The number of nitrogens with one attached hydrogen (secondary N) is 1. The molecule has 0 spiro atoms. The normalized spacial score (nSPS) is 28.4. The molecule has 2 unspecified atom stereocenters. The van der Waals surface area contributed by atoms with Gasteiger partial charge < -0.3 is 10.1 Å². The van der Waals surface area contributed by atoms with Crippen molar-refractivity contribution in [1.29, 1.82) is 0 Å². The second-order valence-electron chi connectivity index (χ2n) is 5.11. The summed E-state index contributed by atoms with van der Waals surface area (Å²) in [5.74, 6) is 0.259. The Morgan fingerprint density at radius 1 is 1.32 bits per heavy atom. The summed E-state index contributed by atoms with van der Waals surface area (Å²) in [6.07, 6.45) is -3.46. The maximum Gasteiger partial charge on any atom is 0.416 e. The highest BCUT2D eigenvalue weighted by atomic mass is 19.4. The van der Waals surface area contributed by atoms with Gasteiger partial charge in [0.1, 0.15) is 11.9 Å². The van der Waals surface area contributed by atoms with Gasteiger partial charge in [-0.1, -0.05) is 11.4 Å². The monoisotopic (exact) mass is 263 g/mol. The Bertz CT molecular complexity index is 518. The zero-order valence-electron chi connectivity index (χ0n) is 10.00. The Kier molecular flexibility index (Phi) is 2.68. The minimum absolute atomic E-state index is 0.210. The van der Waals surface area contributed by atoms with Crippen LogP contribution < -0.4 is 10.1 Å². The molecular weight excluding hydrogens is 253 g/mol. The average Bonchev–Trinajstić information content (AvgIpc) is 2.63. The molecule has 7 heteroatoms. The summed E-state index contributed by atoms with van der Waals surface area (Å²) >= 11 is 0. The Morgan fingerprint density at radius 3 is 2.74 bits per heavy atom. The first-order valence-corrected chi connectivity index (χ1v) is 5.99. The first-order valence-electron chi connectivity index (χ1n) is 5.99. The van der Waals surface area contributed by atoms with E-state index in [2.05, 4.69) is 5.32 Å². The van der Waals surface area contributed by atoms with Crippen LogP contribution in [0.4, 0.5) is 13.2 Å². The molecule has 1 aromatic rings. The van der Waals surface area contributed by atoms with E-state index in [9.17, 15) is 13.2 Å². The molecule has 2 aliphatic rings. The van der Waals surface area contributed by atoms with Crippen LogP contribution in [0.15, 0.2) is 18.2 Å². The molecule has 2 aliphatic heterocycles. The fourth-order valence-corrected chi connectivity index (χ4v) is 2.64. The lowest BCUT2D eigenvalue weighted by atomic mass is 9.57. The molecule has 1 fully saturated rings. The van der Waals surface area contributed by atoms with Gasteiger partial charge >= 0.3 is 6.18 Å². The van der Waals surface area contributed by atoms with Crippen LogP contribution >= 0.6 is 0 Å². The number of hydrogen-bond donors (Lipinski definition) is 1. The number of ether oxygens (including phenoxy) is 1. The minimum Gasteiger partial charge on any atom is -0.488 e. The molecule has 2 heterocycles. The molecule has 4 radical (unpaired) electrons. The molecule has 0 amide bonds. The molecule has 2 nitrogen and oxygen atoms in total. The molecule has 2 atom stereocenters. The number of halogens is 3. The summed E-state index contributed by atoms with van der Waals surface area (Å²) in [6.45, 7) is 0. The van der Waals surface area contributed by atoms with Crippen molar-refractivity contribution in [2.75, 3.05) is 0 Å². The van der Waals surface area contributed by atoms with Crippen LogP contribution in [-0.2, 0) is 6.18 Å². The maximum atomic E-state index is 12.6. The molecule has 96 valence electrons. The molecular formula is C12H10B2F3NO. The van der Waals surface area contributed by atoms with Crippen molar-refractivity contribution in [1.82, 2.24) is 5.32 Å². The number of benzene rings is 1. The average molecular weight is 263 g/mol. The second kappa shape index (κ2) is 3.95. The van der Waals surface area contributed by atoms with Crippen molar-refractivity contribution < 1.29 is 17.9 Å². The quantitative estimate of drug-likeness (QED) is 0.721. The van der Waals surface area contributed by atoms with Gasteiger partial charge in [-0.25, -0.2) is 0 Å². The predicted octanol–water partition coefficient (Wildman–Crippen LogP) is 1.88. The van der Waals surface area contributed by atoms with Gasteiger partial charge in [-0.2, -0.15) is 13.2 Å². The van der Waals surface area contributed by atoms with Crippen LogP contribution in [0.5, 0.6) is 5.75 Å². The number of hydrogen-bond acceptors (Lipinski definition) is 2. The van der Waals surface area contributed by atoms with Gasteiger partial charge in [0.2, 0.25) is 0 Å². The van der Waals surface area contributed by atoms with Gasteiger partial charge in [0.15, 0.2) is 0 Å². The Balaban J connectivity index is 1.95. The molecule has 1 saturated heterocycles. The summed E-state index contributed by atoms with van der Waals surface area (Å²) in [5, 5.41) is 2.01. The molecule has 3 rings (SSSR count). The summed E-state index contributed by atoms with van der Waals surface area (Å²) in [4.78, 5) is 0. The van der Waals surface area contributed by atoms with Gasteiger partial charge in [-0.05, 0) is 25.0 Å². The first kappa shape index (κ1) is 12.9. The summed E-state index contributed by atoms with van der Waals surface area (Å²) in [7, 11) is 11.6. The third kappa shape index (κ3) is 2.24. The van der Waals surface area contributed by atoms with E-state index in [0.29, 0.717) is 18.4 Å². The fraction of sp³-hybridized carbons (Fsp3) is 0.500. The first-order chi connectivity index (χ1) is 8.76. The van der Waals surface area contributed by atoms with Crippen LogP contribution in [0, 0.1) is 0 Å². The topological polar surface area (TPSA) is 21.3 Å². The zero-order valence-corrected chi connectivity index (χ0v) is 10.00. The SMILES string of the molecule is [B]C1([B])CCC2Oc3cc(C(F)(F)F)ccc3C2N1. The lowest BCUT2D eigenvalue weighted by molar-refractivity contribution is -0.137. The van der Waals surface area contributed by atoms with Crippen molar-refractivity contribution in [3.8, 4) is 5.75 Å². The van der Waals surface area contributed by atoms with E-state index in [1.807, 2.05) is 0 Å². The molecule has 1 N–H and O–H groups in total. The molecule has 0 aromatic heterocycles. The second-order valence-corrected chi connectivity index (χ2v) is 5.11. The van der Waals surface area contributed by atoms with Crippen molar-refractivity contribution in [2.24, 2.45) is 0 Å². The standard InChI is InChI=1S/C12H10B2F3NO/c13-11(14)4-3-8-10(18-11)7-2-1-6(12(15,16)17)5-9(7)19-8/h1-2,5,8,10,18H,3-4H2. The highest BCUT2D eigenvalue weighted by Gasteiger charge is 2.42. The third-order valence-electron chi connectivity index (χ3n) is 3.59. The fourth-order valence-electron chi connectivity index (χ4n) is 2.64. The highest BCUT2D eigenvalue weighted by Crippen LogP contribution is 2.44. The number of fused-ring (bicyclic) bond motifs is 3.